The maximum atomic E-state index is 12.3. The lowest BCUT2D eigenvalue weighted by atomic mass is 9.87. The minimum absolute atomic E-state index is 0.0645. The molecule has 5 saturated heterocycles. The van der Waals surface area contributed by atoms with E-state index in [9.17, 15) is 60.0 Å². The van der Waals surface area contributed by atoms with Gasteiger partial charge in [0.05, 0.1) is 62.9 Å². The van der Waals surface area contributed by atoms with E-state index in [-0.39, 0.29) is 46.8 Å². The standard InChI is InChI=1S/C22H27ClO7.C21H25ClO6.2C15H14BrClO.C14H30O4Si2.C8H10O.C7H4BrClO2.2C5H9NO2/c1-3-29-16-7-4-13(5-8-16)10-14-11-15(6-9-17(14)23)22(28-2)21(27)20(26)19(25)18(12-24)30-22;1-2-27-15-6-3-12(4-7-15)9-14-10-13(5-8-16(14)22)21-20(26)19(25)18(24)17(11-23)28-21;2*1-2-18-14-6-3-11(4-7-14)9-12-10-13(16)5-8-15(12)17;1-9-11-10(2)12(17-19(3,4)5)13(14(15)16-11)18-20(6,7)8;1-2-9-8-6-4-3-5-7-8;8-4-1-2-6(9)5(3-4)7(10)11;2*7-5(8)4-2-1-3-6-4/h4-9,11,18-21,24-27H,3,10,12H2,1-2H3;3-8,10,17-21,23-26H,2,9,11H2,1H3;2*3-8,10H,2,9H2,1H3;10-13H,9H2,1-8H3;3-7H,2H2,1H3;1-3H,(H,10,11);2*4,6H,1-3H2,(H,7,8)/t18-,19-,20+,21-,22+;17-,18-,19+,20-,21+;;;10-,11-,12+,13-;;;2*4-/m11..1..00/s1. The number of carbonyl (C=O) groups excluding carboxylic acids is 1. The maximum Gasteiger partial charge on any atom is 0.337 e. The fourth-order valence-electron chi connectivity index (χ4n) is 16.2. The lowest BCUT2D eigenvalue weighted by Gasteiger charge is -2.47. The van der Waals surface area contributed by atoms with Crippen LogP contribution in [0.15, 0.2) is 232 Å². The molecular formula is C112H142Br3Cl5N2O26Si2. The molecule has 16 atom stereocenters. The number of halogens is 8. The van der Waals surface area contributed by atoms with Gasteiger partial charge in [-0.05, 0) is 328 Å². The summed E-state index contributed by atoms with van der Waals surface area (Å²) in [6.45, 7) is 30.6. The lowest BCUT2D eigenvalue weighted by molar-refractivity contribution is -0.366. The van der Waals surface area contributed by atoms with Gasteiger partial charge in [-0.3, -0.25) is 9.59 Å². The number of ether oxygens (including phenoxy) is 9. The second-order valence-corrected chi connectivity index (χ2v) is 51.0. The number of aromatic carboxylic acids is 1. The number of methoxy groups -OCH3 is 1. The molecule has 0 spiro atoms. The lowest BCUT2D eigenvalue weighted by Crippen LogP contribution is -2.64. The zero-order valence-corrected chi connectivity index (χ0v) is 97.3. The average Bonchev–Trinajstić information content (AvgIpc) is 0.929. The monoisotopic (exact) mass is 2400 g/mol. The highest BCUT2D eigenvalue weighted by Crippen LogP contribution is 2.43. The number of cyclic esters (lactones) is 1. The number of aliphatic hydroxyl groups excluding tert-OH is 8. The van der Waals surface area contributed by atoms with Crippen LogP contribution in [0.25, 0.3) is 0 Å². The number of rotatable bonds is 31. The van der Waals surface area contributed by atoms with Gasteiger partial charge in [-0.1, -0.05) is 205 Å². The summed E-state index contributed by atoms with van der Waals surface area (Å²) < 4.78 is 64.6. The van der Waals surface area contributed by atoms with E-state index in [1.54, 1.807) is 36.4 Å². The van der Waals surface area contributed by atoms with Gasteiger partial charge in [0.1, 0.15) is 102 Å². The molecule has 13 N–H and O–H groups in total. The molecule has 150 heavy (non-hydrogen) atoms. The van der Waals surface area contributed by atoms with Crippen LogP contribution < -0.4 is 34.3 Å². The summed E-state index contributed by atoms with van der Waals surface area (Å²) in [5.41, 5.74) is 9.44. The van der Waals surface area contributed by atoms with E-state index in [2.05, 4.69) is 141 Å². The maximum absolute atomic E-state index is 12.3. The third kappa shape index (κ3) is 41.8. The minimum Gasteiger partial charge on any atom is -0.494 e. The Morgan fingerprint density at radius 1 is 0.433 bits per heavy atom. The van der Waals surface area contributed by atoms with Crippen molar-refractivity contribution in [2.45, 2.75) is 237 Å². The largest absolute Gasteiger partial charge is 0.494 e. The number of carbonyl (C=O) groups is 4. The summed E-state index contributed by atoms with van der Waals surface area (Å²) in [7, 11) is -2.26. The van der Waals surface area contributed by atoms with Crippen molar-refractivity contribution in [1.82, 2.24) is 10.6 Å². The Morgan fingerprint density at radius 2 is 0.800 bits per heavy atom. The molecule has 15 rings (SSSR count). The predicted molar refractivity (Wildman–Crippen MR) is 601 cm³/mol. The average molecular weight is 2410 g/mol. The van der Waals surface area contributed by atoms with E-state index in [0.717, 1.165) is 146 Å². The van der Waals surface area contributed by atoms with E-state index in [1.807, 2.05) is 175 Å². The van der Waals surface area contributed by atoms with Crippen molar-refractivity contribution < 1.29 is 127 Å². The molecule has 0 unspecified atom stereocenters. The van der Waals surface area contributed by atoms with E-state index < -0.39 is 115 Å². The Hall–Kier alpha value is -8.20. The Bertz CT molecular complexity index is 5620. The third-order valence-corrected chi connectivity index (χ3v) is 29.0. The highest BCUT2D eigenvalue weighted by atomic mass is 79.9. The molecule has 38 heteroatoms. The molecule has 0 aromatic heterocycles. The summed E-state index contributed by atoms with van der Waals surface area (Å²) in [6, 6.07) is 67.6. The molecule has 5 aliphatic rings. The van der Waals surface area contributed by atoms with Gasteiger partial charge >= 0.3 is 23.9 Å². The molecular weight excluding hydrogens is 2260 g/mol. The minimum atomic E-state index is -1.83. The van der Waals surface area contributed by atoms with Crippen LogP contribution in [0.4, 0.5) is 0 Å². The number of para-hydroxylation sites is 1. The van der Waals surface area contributed by atoms with E-state index in [1.165, 1.54) is 30.4 Å². The molecule has 0 amide bonds. The Balaban J connectivity index is 0.000000236. The van der Waals surface area contributed by atoms with Crippen molar-refractivity contribution in [1.29, 1.82) is 0 Å². The molecule has 0 bridgehead atoms. The fourth-order valence-corrected chi connectivity index (χ4v) is 20.5. The number of benzene rings is 10. The molecule has 0 saturated carbocycles. The van der Waals surface area contributed by atoms with Crippen molar-refractivity contribution in [2.24, 2.45) is 5.92 Å². The summed E-state index contributed by atoms with van der Waals surface area (Å²) in [5.74, 6) is 0.0218. The van der Waals surface area contributed by atoms with Gasteiger partial charge in [-0.25, -0.2) is 9.59 Å². The second-order valence-electron chi connectivity index (χ2n) is 37.3. The van der Waals surface area contributed by atoms with Gasteiger partial charge in [-0.15, -0.1) is 0 Å². The van der Waals surface area contributed by atoms with Crippen LogP contribution in [0.5, 0.6) is 28.7 Å². The summed E-state index contributed by atoms with van der Waals surface area (Å²) in [4.78, 5) is 43.0. The Morgan fingerprint density at radius 3 is 1.15 bits per heavy atom. The quantitative estimate of drug-likeness (QED) is 0.0142. The molecule has 820 valence electrons. The molecule has 10 aromatic carbocycles. The number of aliphatic hydroxyl groups is 8. The van der Waals surface area contributed by atoms with E-state index in [0.29, 0.717) is 64.9 Å². The summed E-state index contributed by atoms with van der Waals surface area (Å²) >= 11 is 40.8. The van der Waals surface area contributed by atoms with Gasteiger partial charge < -0.3 is 118 Å². The second kappa shape index (κ2) is 65.0. The van der Waals surface area contributed by atoms with E-state index >= 15 is 0 Å². The smallest absolute Gasteiger partial charge is 0.337 e. The zero-order valence-electron chi connectivity index (χ0n) is 86.7. The van der Waals surface area contributed by atoms with Gasteiger partial charge in [0.2, 0.25) is 5.79 Å². The highest BCUT2D eigenvalue weighted by molar-refractivity contribution is 9.11. The first-order valence-electron chi connectivity index (χ1n) is 49.6. The number of hydrogen-bond acceptors (Lipinski definition) is 25. The molecule has 28 nitrogen and oxygen atoms in total. The van der Waals surface area contributed by atoms with Gasteiger partial charge in [0, 0.05) is 52.1 Å². The number of hydrogen-bond donors (Lipinski definition) is 13. The summed E-state index contributed by atoms with van der Waals surface area (Å²) in [5, 5.41) is 114. The molecule has 0 aliphatic carbocycles. The summed E-state index contributed by atoms with van der Waals surface area (Å²) in [6.07, 6.45) is -5.40. The Labute approximate surface area is 932 Å². The first-order valence-corrected chi connectivity index (χ1v) is 60.7. The molecule has 10 aromatic rings. The van der Waals surface area contributed by atoms with Gasteiger partial charge in [-0.2, -0.15) is 0 Å². The zero-order chi connectivity index (χ0) is 111. The van der Waals surface area contributed by atoms with Crippen LogP contribution in [-0.4, -0.2) is 242 Å². The molecule has 0 radical (unpaired) electrons. The van der Waals surface area contributed by atoms with Gasteiger partial charge in [0.25, 0.3) is 0 Å². The molecule has 5 fully saturated rings. The highest BCUT2D eigenvalue weighted by Gasteiger charge is 2.56. The number of carboxylic acids is 3. The molecule has 5 aliphatic heterocycles. The number of esters is 1. The van der Waals surface area contributed by atoms with Crippen molar-refractivity contribution >= 4 is 146 Å². The Kier molecular flexibility index (Phi) is 55.7. The van der Waals surface area contributed by atoms with Crippen LogP contribution in [0.1, 0.15) is 153 Å². The van der Waals surface area contributed by atoms with Crippen LogP contribution in [-0.2, 0) is 73.7 Å². The first-order chi connectivity index (χ1) is 71.3. The number of aliphatic carboxylic acids is 2. The van der Waals surface area contributed by atoms with Gasteiger partial charge in [0.15, 0.2) is 22.7 Å². The van der Waals surface area contributed by atoms with Crippen molar-refractivity contribution in [3.8, 4) is 28.7 Å². The number of carboxylic acid groups (broad SMARTS) is 3. The third-order valence-electron chi connectivity index (χ3n) is 23.7. The van der Waals surface area contributed by atoms with Crippen molar-refractivity contribution in [2.75, 3.05) is 66.4 Å². The predicted octanol–water partition coefficient (Wildman–Crippen LogP) is 21.6. The van der Waals surface area contributed by atoms with E-state index in [4.69, 9.17) is 125 Å². The van der Waals surface area contributed by atoms with Crippen LogP contribution in [0.3, 0.4) is 0 Å². The normalized spacial score (nSPS) is 22.0. The topological polar surface area (TPSA) is 416 Å². The van der Waals surface area contributed by atoms with Crippen LogP contribution in [0, 0.1) is 5.92 Å². The molecule has 5 heterocycles. The SMILES string of the molecule is CCOc1ccc(Cc2cc(Br)ccc2Cl)cc1.CCOc1ccc(Cc2cc(Br)ccc2Cl)cc1.CCOc1ccc(Cc2cc([C@@H]3O[C@H](CO)[C@@H](O)[C@H](O)[C@H]3O)ccc2Cl)cc1.CCOc1ccc(Cc2cc([C@]3(OC)O[C@H](CO)[C@@H](O)[C@H](O)[C@H]3O)ccc2Cl)cc1.CCOc1ccccc1.CC[C@H]1OC(=O)[C@H](O[Si](C)(C)C)[C@@H](O[Si](C)(C)C)[C@@H]1C.O=C(O)[C@@H]1CCCN1.O=C(O)[C@@H]1CCCN1.O=C(O)c1cc(Br)ccc1Cl. The van der Waals surface area contributed by atoms with Crippen molar-refractivity contribution in [3.63, 3.8) is 0 Å². The first kappa shape index (κ1) is 129. The number of nitrogens with one attached hydrogen (secondary N) is 2. The fraction of sp³-hybridized carbons (Fsp3) is 0.429. The van der Waals surface area contributed by atoms with Crippen molar-refractivity contribution in [3.05, 3.63) is 318 Å². The van der Waals surface area contributed by atoms with Crippen LogP contribution >= 0.6 is 106 Å². The van der Waals surface area contributed by atoms with Crippen LogP contribution in [0.2, 0.25) is 64.4 Å².